The first-order valence-corrected chi connectivity index (χ1v) is 9.84. The van der Waals surface area contributed by atoms with Crippen LogP contribution in [0.25, 0.3) is 0 Å². The monoisotopic (exact) mass is 374 g/mol. The highest BCUT2D eigenvalue weighted by atomic mass is 32.2. The molecule has 1 N–H and O–H groups in total. The summed E-state index contributed by atoms with van der Waals surface area (Å²) in [6, 6.07) is 3.18. The number of pyridine rings is 1. The molecule has 2 aromatic rings. The number of rotatable bonds is 5. The third-order valence-electron chi connectivity index (χ3n) is 4.85. The van der Waals surface area contributed by atoms with Gasteiger partial charge < -0.3 is 4.74 Å². The number of nitrogens with one attached hydrogen (secondary N) is 1. The summed E-state index contributed by atoms with van der Waals surface area (Å²) in [7, 11) is -2.07. The SMILES string of the molecule is COC(=O)C1(c2cc(NS(=O)(=O)C3CC3)ccn2)Cc2nccnc2C1. The van der Waals surface area contributed by atoms with Crippen LogP contribution in [-0.4, -0.2) is 41.7 Å². The molecule has 0 saturated heterocycles. The van der Waals surface area contributed by atoms with Crippen molar-refractivity contribution in [3.05, 3.63) is 47.8 Å². The molecule has 2 heterocycles. The fourth-order valence-electron chi connectivity index (χ4n) is 3.33. The fraction of sp³-hybridized carbons (Fsp3) is 0.412. The molecule has 2 aliphatic carbocycles. The number of hydrogen-bond acceptors (Lipinski definition) is 7. The summed E-state index contributed by atoms with van der Waals surface area (Å²) in [6.07, 6.45) is 6.63. The van der Waals surface area contributed by atoms with Crippen molar-refractivity contribution in [2.75, 3.05) is 11.8 Å². The van der Waals surface area contributed by atoms with Gasteiger partial charge in [-0.15, -0.1) is 0 Å². The van der Waals surface area contributed by atoms with Crippen molar-refractivity contribution in [2.45, 2.75) is 36.3 Å². The molecule has 0 unspecified atom stereocenters. The van der Waals surface area contributed by atoms with Gasteiger partial charge in [-0.3, -0.25) is 24.5 Å². The Kier molecular flexibility index (Phi) is 3.91. The Hall–Kier alpha value is -2.55. The summed E-state index contributed by atoms with van der Waals surface area (Å²) in [5.41, 5.74) is 1.23. The molecule has 9 heteroatoms. The third kappa shape index (κ3) is 2.82. The van der Waals surface area contributed by atoms with E-state index >= 15 is 0 Å². The van der Waals surface area contributed by atoms with Crippen molar-refractivity contribution < 1.29 is 17.9 Å². The number of fused-ring (bicyclic) bond motifs is 1. The number of carbonyl (C=O) groups is 1. The van der Waals surface area contributed by atoms with Gasteiger partial charge in [-0.25, -0.2) is 8.42 Å². The van der Waals surface area contributed by atoms with Crippen LogP contribution in [0, 0.1) is 0 Å². The zero-order valence-electron chi connectivity index (χ0n) is 14.2. The van der Waals surface area contributed by atoms with Crippen molar-refractivity contribution in [1.82, 2.24) is 15.0 Å². The van der Waals surface area contributed by atoms with Gasteiger partial charge in [-0.2, -0.15) is 0 Å². The third-order valence-corrected chi connectivity index (χ3v) is 6.72. The summed E-state index contributed by atoms with van der Waals surface area (Å²) in [5, 5.41) is -0.335. The predicted octanol–water partition coefficient (Wildman–Crippen LogP) is 0.985. The van der Waals surface area contributed by atoms with Crippen molar-refractivity contribution in [3.63, 3.8) is 0 Å². The lowest BCUT2D eigenvalue weighted by molar-refractivity contribution is -0.147. The minimum Gasteiger partial charge on any atom is -0.468 e. The molecule has 1 fully saturated rings. The molecule has 0 aliphatic heterocycles. The zero-order chi connectivity index (χ0) is 18.4. The standard InChI is InChI=1S/C17H18N4O4S/c1-25-16(22)17(9-13-14(10-17)19-7-6-18-13)15-8-11(4-5-20-15)21-26(23,24)12-2-3-12/h4-8,12H,2-3,9-10H2,1H3,(H,20,21). The highest BCUT2D eigenvalue weighted by Gasteiger charge is 2.49. The van der Waals surface area contributed by atoms with Gasteiger partial charge in [0.2, 0.25) is 10.0 Å². The minimum absolute atomic E-state index is 0.314. The summed E-state index contributed by atoms with van der Waals surface area (Å²) in [5.74, 6) is -0.438. The van der Waals surface area contributed by atoms with Gasteiger partial charge in [0.25, 0.3) is 0 Å². The first-order valence-electron chi connectivity index (χ1n) is 8.30. The van der Waals surface area contributed by atoms with Crippen LogP contribution in [-0.2, 0) is 37.8 Å². The Morgan fingerprint density at radius 2 is 1.81 bits per heavy atom. The number of nitrogens with zero attached hydrogens (tertiary/aromatic N) is 3. The van der Waals surface area contributed by atoms with Gasteiger partial charge in [0, 0.05) is 31.4 Å². The molecular weight excluding hydrogens is 356 g/mol. The molecule has 26 heavy (non-hydrogen) atoms. The van der Waals surface area contributed by atoms with Crippen molar-refractivity contribution in [2.24, 2.45) is 0 Å². The predicted molar refractivity (Wildman–Crippen MR) is 92.9 cm³/mol. The molecule has 2 aliphatic rings. The molecular formula is C17H18N4O4S. The van der Waals surface area contributed by atoms with Crippen LogP contribution in [0.3, 0.4) is 0 Å². The van der Waals surface area contributed by atoms with Crippen LogP contribution >= 0.6 is 0 Å². The van der Waals surface area contributed by atoms with E-state index in [2.05, 4.69) is 19.7 Å². The topological polar surface area (TPSA) is 111 Å². The lowest BCUT2D eigenvalue weighted by Crippen LogP contribution is -2.39. The number of aromatic nitrogens is 3. The quantitative estimate of drug-likeness (QED) is 0.777. The number of sulfonamides is 1. The van der Waals surface area contributed by atoms with Crippen molar-refractivity contribution >= 4 is 21.7 Å². The van der Waals surface area contributed by atoms with Crippen LogP contribution in [0.1, 0.15) is 29.9 Å². The van der Waals surface area contributed by atoms with Crippen molar-refractivity contribution in [1.29, 1.82) is 0 Å². The number of esters is 1. The van der Waals surface area contributed by atoms with Gasteiger partial charge in [0.1, 0.15) is 5.41 Å². The van der Waals surface area contributed by atoms with E-state index in [-0.39, 0.29) is 5.25 Å². The zero-order valence-corrected chi connectivity index (χ0v) is 15.0. The van der Waals surface area contributed by atoms with Gasteiger partial charge in [-0.05, 0) is 25.0 Å². The number of hydrogen-bond donors (Lipinski definition) is 1. The normalized spacial score (nSPS) is 18.2. The minimum atomic E-state index is -3.40. The van der Waals surface area contributed by atoms with E-state index in [1.54, 1.807) is 24.5 Å². The molecule has 0 spiro atoms. The first kappa shape index (κ1) is 16.9. The lowest BCUT2D eigenvalue weighted by Gasteiger charge is -2.25. The molecule has 0 bridgehead atoms. The van der Waals surface area contributed by atoms with Crippen molar-refractivity contribution in [3.8, 4) is 0 Å². The average molecular weight is 374 g/mol. The summed E-state index contributed by atoms with van der Waals surface area (Å²) < 4.78 is 32.0. The van der Waals surface area contributed by atoms with E-state index in [0.29, 0.717) is 37.1 Å². The number of methoxy groups -OCH3 is 1. The molecule has 4 rings (SSSR count). The number of anilines is 1. The number of carbonyl (C=O) groups excluding carboxylic acids is 1. The molecule has 0 atom stereocenters. The summed E-state index contributed by atoms with van der Waals surface area (Å²) in [6.45, 7) is 0. The Morgan fingerprint density at radius 3 is 2.38 bits per heavy atom. The van der Waals surface area contributed by atoms with Crippen LogP contribution in [0.2, 0.25) is 0 Å². The molecule has 8 nitrogen and oxygen atoms in total. The Bertz CT molecular complexity index is 947. The van der Waals surface area contributed by atoms with Gasteiger partial charge in [0.15, 0.2) is 0 Å². The second kappa shape index (κ2) is 6.01. The van der Waals surface area contributed by atoms with Crippen LogP contribution < -0.4 is 4.72 Å². The van der Waals surface area contributed by atoms with E-state index < -0.39 is 21.4 Å². The van der Waals surface area contributed by atoms with E-state index in [1.165, 1.54) is 13.3 Å². The Morgan fingerprint density at radius 1 is 1.15 bits per heavy atom. The second-order valence-electron chi connectivity index (χ2n) is 6.65. The molecule has 0 amide bonds. The highest BCUT2D eigenvalue weighted by molar-refractivity contribution is 7.93. The van der Waals surface area contributed by atoms with Crippen LogP contribution in [0.4, 0.5) is 5.69 Å². The summed E-state index contributed by atoms with van der Waals surface area (Å²) in [4.78, 5) is 25.6. The fourth-order valence-corrected chi connectivity index (χ4v) is 4.71. The van der Waals surface area contributed by atoms with E-state index in [1.807, 2.05) is 0 Å². The highest BCUT2D eigenvalue weighted by Crippen LogP contribution is 2.39. The van der Waals surface area contributed by atoms with Gasteiger partial charge in [0.05, 0.1) is 35.1 Å². The second-order valence-corrected chi connectivity index (χ2v) is 8.61. The summed E-state index contributed by atoms with van der Waals surface area (Å²) >= 11 is 0. The maximum absolute atomic E-state index is 12.7. The molecule has 136 valence electrons. The molecule has 0 radical (unpaired) electrons. The number of ether oxygens (including phenoxy) is 1. The Balaban J connectivity index is 1.72. The first-order chi connectivity index (χ1) is 12.4. The average Bonchev–Trinajstić information content (AvgIpc) is 3.42. The molecule has 2 aromatic heterocycles. The largest absolute Gasteiger partial charge is 0.468 e. The Labute approximate surface area is 151 Å². The molecule has 0 aromatic carbocycles. The van der Waals surface area contributed by atoms with Gasteiger partial charge in [-0.1, -0.05) is 0 Å². The van der Waals surface area contributed by atoms with Crippen LogP contribution in [0.15, 0.2) is 30.7 Å². The van der Waals surface area contributed by atoms with E-state index in [4.69, 9.17) is 4.74 Å². The maximum Gasteiger partial charge on any atom is 0.318 e. The maximum atomic E-state index is 12.7. The molecule has 1 saturated carbocycles. The lowest BCUT2D eigenvalue weighted by atomic mass is 9.81. The van der Waals surface area contributed by atoms with Gasteiger partial charge >= 0.3 is 5.97 Å². The van der Waals surface area contributed by atoms with E-state index in [0.717, 1.165) is 11.4 Å². The van der Waals surface area contributed by atoms with E-state index in [9.17, 15) is 13.2 Å². The van der Waals surface area contributed by atoms with Crippen LogP contribution in [0.5, 0.6) is 0 Å². The smallest absolute Gasteiger partial charge is 0.318 e.